The van der Waals surface area contributed by atoms with E-state index in [1.165, 1.54) is 16.5 Å². The van der Waals surface area contributed by atoms with Crippen molar-refractivity contribution in [3.8, 4) is 0 Å². The van der Waals surface area contributed by atoms with Gasteiger partial charge in [-0.2, -0.15) is 5.10 Å². The Kier molecular flexibility index (Phi) is 1.83. The van der Waals surface area contributed by atoms with Crippen LogP contribution in [0.4, 0.5) is 0 Å². The number of aryl methyl sites for hydroxylation is 1. The van der Waals surface area contributed by atoms with E-state index in [-0.39, 0.29) is 0 Å². The molecule has 2 rings (SSSR count). The van der Waals surface area contributed by atoms with E-state index in [0.29, 0.717) is 5.92 Å². The highest BCUT2D eigenvalue weighted by atomic mass is 15.1. The second-order valence-electron chi connectivity index (χ2n) is 3.83. The van der Waals surface area contributed by atoms with Gasteiger partial charge in [0.25, 0.3) is 0 Å². The van der Waals surface area contributed by atoms with Crippen molar-refractivity contribution in [3.05, 3.63) is 29.5 Å². The van der Waals surface area contributed by atoms with Crippen molar-refractivity contribution in [1.29, 1.82) is 0 Å². The van der Waals surface area contributed by atoms with Crippen LogP contribution in [0.25, 0.3) is 10.9 Å². The third-order valence-electron chi connectivity index (χ3n) is 2.44. The fourth-order valence-corrected chi connectivity index (χ4v) is 1.60. The molecule has 0 saturated carbocycles. The summed E-state index contributed by atoms with van der Waals surface area (Å²) in [5, 5.41) is 8.25. The molecular formula is C11H14N2. The smallest absolute Gasteiger partial charge is 0.0679 e. The highest BCUT2D eigenvalue weighted by molar-refractivity contribution is 5.82. The topological polar surface area (TPSA) is 28.7 Å². The zero-order valence-corrected chi connectivity index (χ0v) is 8.26. The van der Waals surface area contributed by atoms with Crippen molar-refractivity contribution in [2.45, 2.75) is 26.7 Å². The maximum absolute atomic E-state index is 4.04. The number of aromatic nitrogens is 2. The Bertz CT molecular complexity index is 427. The van der Waals surface area contributed by atoms with Crippen LogP contribution < -0.4 is 0 Å². The molecule has 0 radical (unpaired) electrons. The predicted molar refractivity (Wildman–Crippen MR) is 54.9 cm³/mol. The predicted octanol–water partition coefficient (Wildman–Crippen LogP) is 2.99. The number of nitrogens with one attached hydrogen (secondary N) is 1. The number of H-pyrrole nitrogens is 1. The summed E-state index contributed by atoms with van der Waals surface area (Å²) in [6.07, 6.45) is 1.88. The summed E-state index contributed by atoms with van der Waals surface area (Å²) >= 11 is 0. The maximum Gasteiger partial charge on any atom is 0.0679 e. The Hall–Kier alpha value is -1.31. The first-order valence-electron chi connectivity index (χ1n) is 4.62. The standard InChI is InChI=1S/C11H14N2/c1-7(2)9-4-8(3)11-10(5-9)6-12-13-11/h4-7H,1-3H3,(H,12,13). The number of aromatic amines is 1. The van der Waals surface area contributed by atoms with Crippen LogP contribution >= 0.6 is 0 Å². The van der Waals surface area contributed by atoms with Crippen molar-refractivity contribution in [2.75, 3.05) is 0 Å². The fourth-order valence-electron chi connectivity index (χ4n) is 1.60. The van der Waals surface area contributed by atoms with Crippen LogP contribution in [0.3, 0.4) is 0 Å². The number of benzene rings is 1. The van der Waals surface area contributed by atoms with E-state index in [1.807, 2.05) is 6.20 Å². The molecule has 2 aromatic rings. The highest BCUT2D eigenvalue weighted by Gasteiger charge is 2.04. The van der Waals surface area contributed by atoms with Crippen molar-refractivity contribution in [1.82, 2.24) is 10.2 Å². The lowest BCUT2D eigenvalue weighted by molar-refractivity contribution is 0.867. The van der Waals surface area contributed by atoms with E-state index in [9.17, 15) is 0 Å². The molecule has 1 heterocycles. The normalized spacial score (nSPS) is 11.4. The van der Waals surface area contributed by atoms with Gasteiger partial charge in [0.05, 0.1) is 11.7 Å². The first-order valence-corrected chi connectivity index (χ1v) is 4.62. The zero-order valence-electron chi connectivity index (χ0n) is 8.26. The third-order valence-corrected chi connectivity index (χ3v) is 2.44. The second-order valence-corrected chi connectivity index (χ2v) is 3.83. The summed E-state index contributed by atoms with van der Waals surface area (Å²) in [4.78, 5) is 0. The zero-order chi connectivity index (χ0) is 9.42. The van der Waals surface area contributed by atoms with Gasteiger partial charge in [-0.15, -0.1) is 0 Å². The summed E-state index contributed by atoms with van der Waals surface area (Å²) in [6.45, 7) is 6.54. The molecule has 0 aliphatic heterocycles. The monoisotopic (exact) mass is 174 g/mol. The molecule has 0 aliphatic carbocycles. The lowest BCUT2D eigenvalue weighted by atomic mass is 9.99. The van der Waals surface area contributed by atoms with Crippen LogP contribution in [0.5, 0.6) is 0 Å². The fraction of sp³-hybridized carbons (Fsp3) is 0.364. The molecule has 1 aromatic heterocycles. The van der Waals surface area contributed by atoms with Gasteiger partial charge in [0.1, 0.15) is 0 Å². The summed E-state index contributed by atoms with van der Waals surface area (Å²) in [5.41, 5.74) is 3.81. The Morgan fingerprint density at radius 1 is 1.31 bits per heavy atom. The van der Waals surface area contributed by atoms with Crippen LogP contribution in [0.1, 0.15) is 30.9 Å². The van der Waals surface area contributed by atoms with E-state index in [4.69, 9.17) is 0 Å². The molecule has 0 atom stereocenters. The molecule has 2 heteroatoms. The molecule has 68 valence electrons. The number of fused-ring (bicyclic) bond motifs is 1. The first kappa shape index (κ1) is 8.30. The number of nitrogens with zero attached hydrogens (tertiary/aromatic N) is 1. The lowest BCUT2D eigenvalue weighted by Crippen LogP contribution is -1.88. The molecule has 0 saturated heterocycles. The van der Waals surface area contributed by atoms with E-state index < -0.39 is 0 Å². The molecule has 0 amide bonds. The Morgan fingerprint density at radius 2 is 2.08 bits per heavy atom. The van der Waals surface area contributed by atoms with Crippen molar-refractivity contribution < 1.29 is 0 Å². The van der Waals surface area contributed by atoms with Crippen molar-refractivity contribution in [2.24, 2.45) is 0 Å². The molecule has 0 bridgehead atoms. The lowest BCUT2D eigenvalue weighted by Gasteiger charge is -2.06. The van der Waals surface area contributed by atoms with Gasteiger partial charge < -0.3 is 0 Å². The first-order chi connectivity index (χ1) is 6.18. The quantitative estimate of drug-likeness (QED) is 0.707. The molecule has 0 spiro atoms. The second kappa shape index (κ2) is 2.87. The minimum absolute atomic E-state index is 0.581. The van der Waals surface area contributed by atoms with Gasteiger partial charge in [-0.1, -0.05) is 19.9 Å². The van der Waals surface area contributed by atoms with E-state index >= 15 is 0 Å². The van der Waals surface area contributed by atoms with Crippen molar-refractivity contribution >= 4 is 10.9 Å². The molecule has 0 unspecified atom stereocenters. The van der Waals surface area contributed by atoms with Gasteiger partial charge >= 0.3 is 0 Å². The van der Waals surface area contributed by atoms with Gasteiger partial charge in [-0.05, 0) is 30.0 Å². The van der Waals surface area contributed by atoms with Crippen LogP contribution in [0.2, 0.25) is 0 Å². The van der Waals surface area contributed by atoms with Crippen LogP contribution in [0.15, 0.2) is 18.3 Å². The third kappa shape index (κ3) is 1.32. The van der Waals surface area contributed by atoms with Gasteiger partial charge in [0.15, 0.2) is 0 Å². The minimum Gasteiger partial charge on any atom is -0.278 e. The van der Waals surface area contributed by atoms with Gasteiger partial charge in [0.2, 0.25) is 0 Å². The van der Waals surface area contributed by atoms with E-state index in [1.54, 1.807) is 0 Å². The Balaban J connectivity index is 2.70. The van der Waals surface area contributed by atoms with Crippen molar-refractivity contribution in [3.63, 3.8) is 0 Å². The summed E-state index contributed by atoms with van der Waals surface area (Å²) in [6, 6.07) is 4.43. The van der Waals surface area contributed by atoms with Gasteiger partial charge in [-0.25, -0.2) is 0 Å². The molecule has 13 heavy (non-hydrogen) atoms. The summed E-state index contributed by atoms with van der Waals surface area (Å²) in [7, 11) is 0. The highest BCUT2D eigenvalue weighted by Crippen LogP contribution is 2.22. The van der Waals surface area contributed by atoms with Crippen LogP contribution in [-0.4, -0.2) is 10.2 Å². The van der Waals surface area contributed by atoms with Gasteiger partial charge in [0, 0.05) is 5.39 Å². The Labute approximate surface area is 78.0 Å². The molecular weight excluding hydrogens is 160 g/mol. The summed E-state index contributed by atoms with van der Waals surface area (Å²) < 4.78 is 0. The number of rotatable bonds is 1. The number of hydrogen-bond donors (Lipinski definition) is 1. The Morgan fingerprint density at radius 3 is 2.77 bits per heavy atom. The molecule has 1 aromatic carbocycles. The van der Waals surface area contributed by atoms with Crippen LogP contribution in [0, 0.1) is 6.92 Å². The molecule has 0 fully saturated rings. The number of hydrogen-bond acceptors (Lipinski definition) is 1. The summed E-state index contributed by atoms with van der Waals surface area (Å²) in [5.74, 6) is 0.581. The van der Waals surface area contributed by atoms with E-state index in [2.05, 4.69) is 43.1 Å². The molecule has 2 nitrogen and oxygen atoms in total. The van der Waals surface area contributed by atoms with Gasteiger partial charge in [-0.3, -0.25) is 5.10 Å². The minimum atomic E-state index is 0.581. The largest absolute Gasteiger partial charge is 0.278 e. The van der Waals surface area contributed by atoms with Crippen LogP contribution in [-0.2, 0) is 0 Å². The average Bonchev–Trinajstić information content (AvgIpc) is 2.51. The SMILES string of the molecule is Cc1cc(C(C)C)cc2cn[nH]c12. The molecule has 1 N–H and O–H groups in total. The molecule has 0 aliphatic rings. The average molecular weight is 174 g/mol. The maximum atomic E-state index is 4.04. The van der Waals surface area contributed by atoms with E-state index in [0.717, 1.165) is 5.52 Å².